The van der Waals surface area contributed by atoms with Crippen LogP contribution in [-0.2, 0) is 19.5 Å². The molecule has 1 atom stereocenters. The number of nitrogens with zero attached hydrogens (tertiary/aromatic N) is 7. The molecule has 1 aliphatic rings. The molecule has 4 rings (SSSR count). The van der Waals surface area contributed by atoms with Crippen LogP contribution in [0, 0.1) is 6.92 Å². The molecule has 0 radical (unpaired) electrons. The van der Waals surface area contributed by atoms with Gasteiger partial charge in [0.1, 0.15) is 5.65 Å². The lowest BCUT2D eigenvalue weighted by Gasteiger charge is -2.25. The summed E-state index contributed by atoms with van der Waals surface area (Å²) in [6.07, 6.45) is 6.34. The highest BCUT2D eigenvalue weighted by Crippen LogP contribution is 2.32. The van der Waals surface area contributed by atoms with Crippen molar-refractivity contribution in [3.05, 3.63) is 69.6 Å². The topological polar surface area (TPSA) is 82.7 Å². The molecule has 0 saturated carbocycles. The van der Waals surface area contributed by atoms with E-state index in [9.17, 15) is 0 Å². The van der Waals surface area contributed by atoms with Crippen LogP contribution in [0.3, 0.4) is 0 Å². The lowest BCUT2D eigenvalue weighted by Crippen LogP contribution is -2.27. The zero-order valence-electron chi connectivity index (χ0n) is 15.0. The molecular formula is C19H21N7. The molecule has 3 aromatic rings. The first kappa shape index (κ1) is 16.6. The molecule has 132 valence electrons. The summed E-state index contributed by atoms with van der Waals surface area (Å²) in [5.74, 6) is 0. The maximum atomic E-state index is 9.06. The van der Waals surface area contributed by atoms with Gasteiger partial charge in [-0.2, -0.15) is 0 Å². The van der Waals surface area contributed by atoms with Gasteiger partial charge in [0.25, 0.3) is 0 Å². The number of likely N-dealkylation sites (N-methyl/N-ethyl adjacent to an activating group) is 1. The number of aryl methyl sites for hydroxylation is 1. The predicted molar refractivity (Wildman–Crippen MR) is 101 cm³/mol. The third kappa shape index (κ3) is 2.92. The van der Waals surface area contributed by atoms with Crippen molar-refractivity contribution >= 4 is 11.0 Å². The molecule has 0 aliphatic carbocycles. The van der Waals surface area contributed by atoms with Gasteiger partial charge < -0.3 is 9.47 Å². The summed E-state index contributed by atoms with van der Waals surface area (Å²) in [7, 11) is 2.15. The Kier molecular flexibility index (Phi) is 4.32. The second-order valence-electron chi connectivity index (χ2n) is 6.91. The molecule has 0 N–H and O–H groups in total. The van der Waals surface area contributed by atoms with Gasteiger partial charge in [-0.3, -0.25) is 4.98 Å². The Hall–Kier alpha value is -2.89. The van der Waals surface area contributed by atoms with E-state index in [1.807, 2.05) is 18.3 Å². The zero-order valence-corrected chi connectivity index (χ0v) is 15.0. The molecule has 0 bridgehead atoms. The van der Waals surface area contributed by atoms with Crippen LogP contribution in [0.2, 0.25) is 0 Å². The van der Waals surface area contributed by atoms with E-state index >= 15 is 0 Å². The summed E-state index contributed by atoms with van der Waals surface area (Å²) in [6, 6.07) is 5.74. The minimum absolute atomic E-state index is 0.287. The van der Waals surface area contributed by atoms with Crippen LogP contribution in [0.1, 0.15) is 28.4 Å². The molecule has 0 spiro atoms. The molecule has 1 unspecified atom stereocenters. The standard InChI is InChI=1S/C19H21N7/c1-13-9-15-16-11-25(2)8-5-18(16)26(19(15)22-10-13)12-17(23-24-20)14-3-6-21-7-4-14/h3-4,6-7,9-10,17H,5,8,11-12H2,1-2H3. The maximum Gasteiger partial charge on any atom is 0.140 e. The van der Waals surface area contributed by atoms with Crippen molar-refractivity contribution in [3.8, 4) is 0 Å². The summed E-state index contributed by atoms with van der Waals surface area (Å²) in [5.41, 5.74) is 14.8. The Morgan fingerprint density at radius 1 is 1.35 bits per heavy atom. The number of fused-ring (bicyclic) bond motifs is 3. The average Bonchev–Trinajstić information content (AvgIpc) is 2.94. The molecule has 4 heterocycles. The Morgan fingerprint density at radius 2 is 2.15 bits per heavy atom. The SMILES string of the molecule is Cc1cnc2c(c1)c1c(n2CC(N=[N+]=[N-])c2ccncc2)CCN(C)C1. The molecule has 0 saturated heterocycles. The fourth-order valence-electron chi connectivity index (χ4n) is 3.78. The highest BCUT2D eigenvalue weighted by Gasteiger charge is 2.24. The van der Waals surface area contributed by atoms with Crippen LogP contribution < -0.4 is 0 Å². The zero-order chi connectivity index (χ0) is 18.1. The van der Waals surface area contributed by atoms with Gasteiger partial charge in [0, 0.05) is 60.6 Å². The summed E-state index contributed by atoms with van der Waals surface area (Å²) in [5, 5.41) is 5.26. The molecule has 3 aromatic heterocycles. The largest absolute Gasteiger partial charge is 0.329 e. The Bertz CT molecular complexity index is 986. The fraction of sp³-hybridized carbons (Fsp3) is 0.368. The van der Waals surface area contributed by atoms with Gasteiger partial charge >= 0.3 is 0 Å². The quantitative estimate of drug-likeness (QED) is 0.409. The Labute approximate surface area is 151 Å². The summed E-state index contributed by atoms with van der Waals surface area (Å²) in [6.45, 7) is 4.59. The van der Waals surface area contributed by atoms with E-state index in [1.165, 1.54) is 16.6 Å². The van der Waals surface area contributed by atoms with Gasteiger partial charge in [0.2, 0.25) is 0 Å². The normalized spacial score (nSPS) is 15.5. The lowest BCUT2D eigenvalue weighted by atomic mass is 10.0. The average molecular weight is 347 g/mol. The van der Waals surface area contributed by atoms with Gasteiger partial charge in [-0.25, -0.2) is 4.98 Å². The summed E-state index contributed by atoms with van der Waals surface area (Å²) >= 11 is 0. The van der Waals surface area contributed by atoms with Crippen molar-refractivity contribution in [3.63, 3.8) is 0 Å². The van der Waals surface area contributed by atoms with Gasteiger partial charge in [-0.15, -0.1) is 0 Å². The number of azide groups is 1. The van der Waals surface area contributed by atoms with E-state index in [0.717, 1.165) is 36.3 Å². The van der Waals surface area contributed by atoms with Crippen LogP contribution in [0.4, 0.5) is 0 Å². The molecule has 0 aromatic carbocycles. The van der Waals surface area contributed by atoms with Crippen LogP contribution >= 0.6 is 0 Å². The van der Waals surface area contributed by atoms with Crippen LogP contribution in [0.15, 0.2) is 41.9 Å². The third-order valence-electron chi connectivity index (χ3n) is 5.05. The van der Waals surface area contributed by atoms with Crippen molar-refractivity contribution in [2.45, 2.75) is 32.5 Å². The number of rotatable bonds is 4. The van der Waals surface area contributed by atoms with E-state index in [4.69, 9.17) is 10.5 Å². The highest BCUT2D eigenvalue weighted by atomic mass is 15.2. The van der Waals surface area contributed by atoms with E-state index in [-0.39, 0.29) is 6.04 Å². The smallest absolute Gasteiger partial charge is 0.140 e. The maximum absolute atomic E-state index is 9.06. The first-order valence-corrected chi connectivity index (χ1v) is 8.76. The van der Waals surface area contributed by atoms with E-state index in [1.54, 1.807) is 12.4 Å². The molecule has 26 heavy (non-hydrogen) atoms. The molecule has 0 amide bonds. The van der Waals surface area contributed by atoms with Crippen LogP contribution in [-0.4, -0.2) is 33.0 Å². The lowest BCUT2D eigenvalue weighted by molar-refractivity contribution is 0.308. The predicted octanol–water partition coefficient (Wildman–Crippen LogP) is 3.78. The first-order chi connectivity index (χ1) is 12.7. The van der Waals surface area contributed by atoms with E-state index in [0.29, 0.717) is 6.54 Å². The van der Waals surface area contributed by atoms with Crippen LogP contribution in [0.5, 0.6) is 0 Å². The van der Waals surface area contributed by atoms with Crippen molar-refractivity contribution in [1.82, 2.24) is 19.4 Å². The molecule has 7 nitrogen and oxygen atoms in total. The fourth-order valence-corrected chi connectivity index (χ4v) is 3.78. The minimum Gasteiger partial charge on any atom is -0.329 e. The number of hydrogen-bond acceptors (Lipinski definition) is 4. The summed E-state index contributed by atoms with van der Waals surface area (Å²) in [4.78, 5) is 14.2. The molecule has 0 fully saturated rings. The van der Waals surface area contributed by atoms with Crippen molar-refractivity contribution in [2.24, 2.45) is 5.11 Å². The third-order valence-corrected chi connectivity index (χ3v) is 5.05. The van der Waals surface area contributed by atoms with Gasteiger partial charge in [-0.05, 0) is 54.4 Å². The summed E-state index contributed by atoms with van der Waals surface area (Å²) < 4.78 is 2.25. The van der Waals surface area contributed by atoms with Gasteiger partial charge in [-0.1, -0.05) is 5.11 Å². The monoisotopic (exact) mass is 347 g/mol. The Balaban J connectivity index is 1.84. The molecule has 7 heteroatoms. The molecular weight excluding hydrogens is 326 g/mol. The first-order valence-electron chi connectivity index (χ1n) is 8.76. The second-order valence-corrected chi connectivity index (χ2v) is 6.91. The molecule has 1 aliphatic heterocycles. The second kappa shape index (κ2) is 6.78. The van der Waals surface area contributed by atoms with Gasteiger partial charge in [0.15, 0.2) is 0 Å². The van der Waals surface area contributed by atoms with Crippen molar-refractivity contribution in [1.29, 1.82) is 0 Å². The van der Waals surface area contributed by atoms with E-state index < -0.39 is 0 Å². The number of aromatic nitrogens is 3. The van der Waals surface area contributed by atoms with Crippen molar-refractivity contribution in [2.75, 3.05) is 13.6 Å². The minimum atomic E-state index is -0.287. The number of hydrogen-bond donors (Lipinski definition) is 0. The highest BCUT2D eigenvalue weighted by molar-refractivity contribution is 5.83. The van der Waals surface area contributed by atoms with Gasteiger partial charge in [0.05, 0.1) is 6.04 Å². The van der Waals surface area contributed by atoms with Crippen molar-refractivity contribution < 1.29 is 0 Å². The van der Waals surface area contributed by atoms with E-state index in [2.05, 4.69) is 44.5 Å². The van der Waals surface area contributed by atoms with Crippen LogP contribution in [0.25, 0.3) is 21.5 Å². The number of pyridine rings is 2. The Morgan fingerprint density at radius 3 is 2.92 bits per heavy atom.